The Morgan fingerprint density at radius 3 is 2.77 bits per heavy atom. The summed E-state index contributed by atoms with van der Waals surface area (Å²) in [5.41, 5.74) is 0.835. The third-order valence-electron chi connectivity index (χ3n) is 1.60. The van der Waals surface area contributed by atoms with E-state index in [0.717, 1.165) is 5.56 Å². The molecule has 0 radical (unpaired) electrons. The highest BCUT2D eigenvalue weighted by atomic mass is 79.9. The van der Waals surface area contributed by atoms with Gasteiger partial charge in [0.15, 0.2) is 0 Å². The zero-order valence-corrected chi connectivity index (χ0v) is 8.32. The van der Waals surface area contributed by atoms with E-state index in [4.69, 9.17) is 5.11 Å². The summed E-state index contributed by atoms with van der Waals surface area (Å²) in [4.78, 5) is 9.71. The second-order valence-electron chi connectivity index (χ2n) is 2.59. The molecule has 0 saturated carbocycles. The lowest BCUT2D eigenvalue weighted by Crippen LogP contribution is -2.03. The van der Waals surface area contributed by atoms with Crippen LogP contribution in [0, 0.1) is 10.1 Å². The Kier molecular flexibility index (Phi) is 3.25. The van der Waals surface area contributed by atoms with Crippen molar-refractivity contribution in [3.05, 3.63) is 38.3 Å². The van der Waals surface area contributed by atoms with Crippen molar-refractivity contribution in [3.63, 3.8) is 0 Å². The minimum absolute atomic E-state index is 0.0861. The van der Waals surface area contributed by atoms with E-state index < -0.39 is 0 Å². The minimum atomic E-state index is -0.360. The number of aromatic hydroxyl groups is 1. The zero-order chi connectivity index (χ0) is 9.84. The summed E-state index contributed by atoms with van der Waals surface area (Å²) < 4.78 is 0.563. The number of hydrogen-bond acceptors (Lipinski definition) is 3. The van der Waals surface area contributed by atoms with Gasteiger partial charge in [-0.3, -0.25) is 10.1 Å². The van der Waals surface area contributed by atoms with Gasteiger partial charge >= 0.3 is 0 Å². The van der Waals surface area contributed by atoms with E-state index in [1.807, 2.05) is 0 Å². The first-order valence-electron chi connectivity index (χ1n) is 3.69. The van der Waals surface area contributed by atoms with Crippen LogP contribution < -0.4 is 0 Å². The van der Waals surface area contributed by atoms with Gasteiger partial charge in [0.05, 0.1) is 4.47 Å². The van der Waals surface area contributed by atoms with Crippen LogP contribution in [0.25, 0.3) is 0 Å². The lowest BCUT2D eigenvalue weighted by molar-refractivity contribution is -0.479. The normalized spacial score (nSPS) is 9.92. The van der Waals surface area contributed by atoms with Gasteiger partial charge in [-0.2, -0.15) is 0 Å². The summed E-state index contributed by atoms with van der Waals surface area (Å²) in [7, 11) is 0. The summed E-state index contributed by atoms with van der Waals surface area (Å²) in [6, 6.07) is 4.86. The topological polar surface area (TPSA) is 63.4 Å². The molecule has 0 aliphatic rings. The fourth-order valence-electron chi connectivity index (χ4n) is 0.926. The molecule has 5 heteroatoms. The molecule has 0 aromatic heterocycles. The van der Waals surface area contributed by atoms with Crippen LogP contribution in [0.1, 0.15) is 5.56 Å². The number of benzene rings is 1. The highest BCUT2D eigenvalue weighted by Crippen LogP contribution is 2.24. The molecule has 0 aliphatic carbocycles. The fourth-order valence-corrected chi connectivity index (χ4v) is 1.35. The smallest absolute Gasteiger partial charge is 0.207 e. The van der Waals surface area contributed by atoms with Crippen LogP contribution in [-0.4, -0.2) is 16.6 Å². The molecular formula is C8H8BrNO3. The second-order valence-corrected chi connectivity index (χ2v) is 3.45. The third kappa shape index (κ3) is 3.02. The van der Waals surface area contributed by atoms with E-state index in [-0.39, 0.29) is 17.2 Å². The third-order valence-corrected chi connectivity index (χ3v) is 2.23. The SMILES string of the molecule is O=[N+]([O-])CCc1ccc(O)c(Br)c1. The fraction of sp³-hybridized carbons (Fsp3) is 0.250. The Hall–Kier alpha value is -1.10. The van der Waals surface area contributed by atoms with Gasteiger partial charge < -0.3 is 5.11 Å². The van der Waals surface area contributed by atoms with Gasteiger partial charge in [-0.1, -0.05) is 6.07 Å². The maximum atomic E-state index is 10.1. The first kappa shape index (κ1) is 9.98. The first-order valence-corrected chi connectivity index (χ1v) is 4.48. The van der Waals surface area contributed by atoms with Crippen molar-refractivity contribution < 1.29 is 10.0 Å². The Morgan fingerprint density at radius 2 is 2.23 bits per heavy atom. The minimum Gasteiger partial charge on any atom is -0.507 e. The number of phenols is 1. The van der Waals surface area contributed by atoms with Gasteiger partial charge in [-0.25, -0.2) is 0 Å². The quantitative estimate of drug-likeness (QED) is 0.655. The van der Waals surface area contributed by atoms with Gasteiger partial charge in [0.2, 0.25) is 6.54 Å². The molecule has 0 saturated heterocycles. The highest BCUT2D eigenvalue weighted by Gasteiger charge is 2.02. The molecule has 1 aromatic carbocycles. The van der Waals surface area contributed by atoms with Crippen LogP contribution >= 0.6 is 15.9 Å². The highest BCUT2D eigenvalue weighted by molar-refractivity contribution is 9.10. The standard InChI is InChI=1S/C8H8BrNO3/c9-7-5-6(1-2-8(7)11)3-4-10(12)13/h1-2,5,11H,3-4H2. The molecule has 1 N–H and O–H groups in total. The second kappa shape index (κ2) is 4.23. The summed E-state index contributed by atoms with van der Waals surface area (Å²) in [5, 5.41) is 19.2. The van der Waals surface area contributed by atoms with Gasteiger partial charge in [-0.05, 0) is 33.6 Å². The van der Waals surface area contributed by atoms with Crippen LogP contribution in [0.3, 0.4) is 0 Å². The molecule has 1 rings (SSSR count). The van der Waals surface area contributed by atoms with Crippen LogP contribution in [-0.2, 0) is 6.42 Å². The molecular weight excluding hydrogens is 238 g/mol. The molecule has 1 aromatic rings. The van der Waals surface area contributed by atoms with Crippen molar-refractivity contribution in [2.45, 2.75) is 6.42 Å². The van der Waals surface area contributed by atoms with E-state index >= 15 is 0 Å². The predicted octanol–water partition coefficient (Wildman–Crippen LogP) is 1.97. The molecule has 0 fully saturated rings. The Labute approximate surface area is 83.5 Å². The molecule has 0 spiro atoms. The lowest BCUT2D eigenvalue weighted by atomic mass is 10.1. The Bertz CT molecular complexity index is 327. The summed E-state index contributed by atoms with van der Waals surface area (Å²) in [6.45, 7) is -0.0861. The van der Waals surface area contributed by atoms with Crippen LogP contribution in [0.2, 0.25) is 0 Å². The van der Waals surface area contributed by atoms with Gasteiger partial charge in [0.25, 0.3) is 0 Å². The van der Waals surface area contributed by atoms with Crippen LogP contribution in [0.4, 0.5) is 0 Å². The van der Waals surface area contributed by atoms with Crippen LogP contribution in [0.5, 0.6) is 5.75 Å². The van der Waals surface area contributed by atoms with E-state index in [2.05, 4.69) is 15.9 Å². The average Bonchev–Trinajstić information content (AvgIpc) is 2.07. The van der Waals surface area contributed by atoms with Crippen molar-refractivity contribution >= 4 is 15.9 Å². The number of rotatable bonds is 3. The maximum Gasteiger partial charge on any atom is 0.207 e. The van der Waals surface area contributed by atoms with E-state index in [1.165, 1.54) is 6.07 Å². The zero-order valence-electron chi connectivity index (χ0n) is 6.74. The van der Waals surface area contributed by atoms with E-state index in [1.54, 1.807) is 12.1 Å². The number of halogens is 1. The van der Waals surface area contributed by atoms with Crippen molar-refractivity contribution in [2.75, 3.05) is 6.54 Å². The molecule has 0 aliphatic heterocycles. The molecule has 0 amide bonds. The predicted molar refractivity (Wildman–Crippen MR) is 51.4 cm³/mol. The largest absolute Gasteiger partial charge is 0.507 e. The summed E-state index contributed by atoms with van der Waals surface area (Å²) >= 11 is 3.13. The van der Waals surface area contributed by atoms with E-state index in [0.29, 0.717) is 10.9 Å². The molecule has 0 heterocycles. The molecule has 0 atom stereocenters. The molecule has 0 bridgehead atoms. The number of phenolic OH excluding ortho intramolecular Hbond substituents is 1. The van der Waals surface area contributed by atoms with Crippen LogP contribution in [0.15, 0.2) is 22.7 Å². The first-order chi connectivity index (χ1) is 6.09. The van der Waals surface area contributed by atoms with Crippen molar-refractivity contribution in [2.24, 2.45) is 0 Å². The average molecular weight is 246 g/mol. The molecule has 4 nitrogen and oxygen atoms in total. The van der Waals surface area contributed by atoms with Crippen molar-refractivity contribution in [1.29, 1.82) is 0 Å². The summed E-state index contributed by atoms with van der Waals surface area (Å²) in [5.74, 6) is 0.143. The monoisotopic (exact) mass is 245 g/mol. The van der Waals surface area contributed by atoms with E-state index in [9.17, 15) is 10.1 Å². The Morgan fingerprint density at radius 1 is 1.54 bits per heavy atom. The summed E-state index contributed by atoms with van der Waals surface area (Å²) in [6.07, 6.45) is 0.381. The van der Waals surface area contributed by atoms with Gasteiger partial charge in [0, 0.05) is 11.3 Å². The lowest BCUT2D eigenvalue weighted by Gasteiger charge is -2.00. The molecule has 13 heavy (non-hydrogen) atoms. The number of nitro groups is 1. The molecule has 70 valence electrons. The molecule has 0 unspecified atom stereocenters. The maximum absolute atomic E-state index is 10.1. The number of hydrogen-bond donors (Lipinski definition) is 1. The van der Waals surface area contributed by atoms with Crippen molar-refractivity contribution in [3.8, 4) is 5.75 Å². The number of nitrogens with zero attached hydrogens (tertiary/aromatic N) is 1. The Balaban J connectivity index is 2.68. The van der Waals surface area contributed by atoms with Crippen molar-refractivity contribution in [1.82, 2.24) is 0 Å². The van der Waals surface area contributed by atoms with Gasteiger partial charge in [-0.15, -0.1) is 0 Å². The van der Waals surface area contributed by atoms with Gasteiger partial charge in [0.1, 0.15) is 5.75 Å².